The van der Waals surface area contributed by atoms with Crippen LogP contribution in [0.4, 0.5) is 0 Å². The topological polar surface area (TPSA) is 47.7 Å². The van der Waals surface area contributed by atoms with Crippen LogP contribution in [0.25, 0.3) is 4.85 Å². The van der Waals surface area contributed by atoms with Gasteiger partial charge < -0.3 is 9.53 Å². The summed E-state index contributed by atoms with van der Waals surface area (Å²) in [7, 11) is 0. The standard InChI is InChI=1S/C6H7NO3/c1-3-10-6(9)4-5(8)7-2/h3-4H2,1H3. The summed E-state index contributed by atoms with van der Waals surface area (Å²) >= 11 is 0. The van der Waals surface area contributed by atoms with Gasteiger partial charge in [-0.25, -0.2) is 0 Å². The van der Waals surface area contributed by atoms with Crippen LogP contribution in [-0.4, -0.2) is 18.5 Å². The van der Waals surface area contributed by atoms with Crippen molar-refractivity contribution in [3.05, 3.63) is 11.4 Å². The van der Waals surface area contributed by atoms with Crippen LogP contribution >= 0.6 is 0 Å². The van der Waals surface area contributed by atoms with E-state index in [9.17, 15) is 9.59 Å². The second-order valence-electron chi connectivity index (χ2n) is 1.49. The lowest BCUT2D eigenvalue weighted by molar-refractivity contribution is -0.144. The molecule has 10 heavy (non-hydrogen) atoms. The zero-order valence-electron chi connectivity index (χ0n) is 5.59. The normalized spacial score (nSPS) is 8.00. The molecule has 0 bridgehead atoms. The van der Waals surface area contributed by atoms with Crippen LogP contribution in [-0.2, 0) is 14.3 Å². The fraction of sp³-hybridized carbons (Fsp3) is 0.500. The van der Waals surface area contributed by atoms with Crippen molar-refractivity contribution >= 4 is 11.9 Å². The van der Waals surface area contributed by atoms with E-state index in [2.05, 4.69) is 9.58 Å². The Kier molecular flexibility index (Phi) is 3.89. The monoisotopic (exact) mass is 141 g/mol. The molecule has 0 N–H and O–H groups in total. The SMILES string of the molecule is [C-]#[N+]C(=O)CC(=O)OCC. The quantitative estimate of drug-likeness (QED) is 0.324. The van der Waals surface area contributed by atoms with E-state index in [0.29, 0.717) is 0 Å². The summed E-state index contributed by atoms with van der Waals surface area (Å²) in [6.45, 7) is 8.08. The van der Waals surface area contributed by atoms with Crippen molar-refractivity contribution in [2.24, 2.45) is 0 Å². The highest BCUT2D eigenvalue weighted by Gasteiger charge is 2.08. The first kappa shape index (κ1) is 8.63. The zero-order valence-corrected chi connectivity index (χ0v) is 5.59. The lowest BCUT2D eigenvalue weighted by Crippen LogP contribution is -2.07. The van der Waals surface area contributed by atoms with E-state index in [4.69, 9.17) is 6.57 Å². The van der Waals surface area contributed by atoms with Crippen LogP contribution in [0.1, 0.15) is 13.3 Å². The van der Waals surface area contributed by atoms with Crippen molar-refractivity contribution in [2.75, 3.05) is 6.61 Å². The number of amides is 1. The Bertz CT molecular complexity index is 180. The van der Waals surface area contributed by atoms with E-state index in [1.807, 2.05) is 0 Å². The van der Waals surface area contributed by atoms with Gasteiger partial charge in [0.25, 0.3) is 0 Å². The van der Waals surface area contributed by atoms with Gasteiger partial charge in [-0.05, 0) is 6.92 Å². The number of hydrogen-bond acceptors (Lipinski definition) is 3. The minimum atomic E-state index is -0.779. The van der Waals surface area contributed by atoms with Crippen LogP contribution in [0, 0.1) is 6.57 Å². The molecular weight excluding hydrogens is 134 g/mol. The van der Waals surface area contributed by atoms with Gasteiger partial charge >= 0.3 is 11.9 Å². The fourth-order valence-corrected chi connectivity index (χ4v) is 0.375. The highest BCUT2D eigenvalue weighted by molar-refractivity contribution is 5.99. The lowest BCUT2D eigenvalue weighted by Gasteiger charge is -1.95. The second-order valence-corrected chi connectivity index (χ2v) is 1.49. The predicted octanol–water partition coefficient (Wildman–Crippen LogP) is 0.385. The van der Waals surface area contributed by atoms with E-state index >= 15 is 0 Å². The second kappa shape index (κ2) is 4.50. The van der Waals surface area contributed by atoms with Gasteiger partial charge in [0, 0.05) is 0 Å². The molecule has 0 heterocycles. The molecule has 0 fully saturated rings. The third-order valence-corrected chi connectivity index (χ3v) is 0.726. The van der Waals surface area contributed by atoms with Crippen LogP contribution in [0.15, 0.2) is 0 Å². The molecule has 0 aromatic carbocycles. The van der Waals surface area contributed by atoms with Crippen molar-refractivity contribution in [3.63, 3.8) is 0 Å². The molecular formula is C6H7NO3. The van der Waals surface area contributed by atoms with Crippen LogP contribution in [0.2, 0.25) is 0 Å². The third kappa shape index (κ3) is 3.61. The van der Waals surface area contributed by atoms with Crippen LogP contribution in [0.5, 0.6) is 0 Å². The summed E-state index contributed by atoms with van der Waals surface area (Å²) in [6.07, 6.45) is -0.433. The molecule has 0 atom stereocenters. The number of esters is 1. The fourth-order valence-electron chi connectivity index (χ4n) is 0.375. The maximum Gasteiger partial charge on any atom is 0.366 e. The average Bonchev–Trinajstić information content (AvgIpc) is 1.88. The summed E-state index contributed by atoms with van der Waals surface area (Å²) in [5.41, 5.74) is 0. The Balaban J connectivity index is 3.60. The van der Waals surface area contributed by atoms with Crippen molar-refractivity contribution in [1.29, 1.82) is 0 Å². The molecule has 0 aromatic heterocycles. The highest BCUT2D eigenvalue weighted by atomic mass is 16.5. The number of carbonyl (C=O) groups excluding carboxylic acids is 2. The minimum absolute atomic E-state index is 0.240. The largest absolute Gasteiger partial charge is 0.467 e. The van der Waals surface area contributed by atoms with Gasteiger partial charge in [-0.2, -0.15) is 4.85 Å². The Morgan fingerprint density at radius 1 is 1.60 bits per heavy atom. The van der Waals surface area contributed by atoms with Gasteiger partial charge in [-0.1, -0.05) is 0 Å². The zero-order chi connectivity index (χ0) is 7.98. The predicted molar refractivity (Wildman–Crippen MR) is 32.9 cm³/mol. The molecule has 1 amide bonds. The molecule has 0 saturated heterocycles. The molecule has 0 radical (unpaired) electrons. The van der Waals surface area contributed by atoms with Crippen LogP contribution < -0.4 is 0 Å². The minimum Gasteiger partial charge on any atom is -0.467 e. The number of carbonyl (C=O) groups is 2. The summed E-state index contributed by atoms with van der Waals surface area (Å²) < 4.78 is 4.41. The van der Waals surface area contributed by atoms with Crippen LogP contribution in [0.3, 0.4) is 0 Å². The average molecular weight is 141 g/mol. The molecule has 0 rings (SSSR count). The van der Waals surface area contributed by atoms with E-state index < -0.39 is 18.3 Å². The highest BCUT2D eigenvalue weighted by Crippen LogP contribution is 1.88. The van der Waals surface area contributed by atoms with E-state index in [0.717, 1.165) is 0 Å². The summed E-state index contributed by atoms with van der Waals surface area (Å²) in [5, 5.41) is 0. The Hall–Kier alpha value is -1.37. The molecule has 0 aromatic rings. The molecule has 4 nitrogen and oxygen atoms in total. The molecule has 0 aliphatic rings. The van der Waals surface area contributed by atoms with Crippen molar-refractivity contribution in [2.45, 2.75) is 13.3 Å². The molecule has 0 unspecified atom stereocenters. The number of ether oxygens (including phenoxy) is 1. The van der Waals surface area contributed by atoms with Crippen molar-refractivity contribution in [1.82, 2.24) is 0 Å². The van der Waals surface area contributed by atoms with Gasteiger partial charge in [0.05, 0.1) is 13.2 Å². The van der Waals surface area contributed by atoms with Crippen molar-refractivity contribution < 1.29 is 14.3 Å². The van der Waals surface area contributed by atoms with E-state index in [-0.39, 0.29) is 6.61 Å². The first-order valence-corrected chi connectivity index (χ1v) is 2.76. The molecule has 0 aliphatic carbocycles. The molecule has 0 saturated carbocycles. The number of rotatable bonds is 3. The van der Waals surface area contributed by atoms with Gasteiger partial charge in [0.1, 0.15) is 6.42 Å². The van der Waals surface area contributed by atoms with E-state index in [1.165, 1.54) is 0 Å². The lowest BCUT2D eigenvalue weighted by atomic mass is 10.4. The number of nitrogens with zero attached hydrogens (tertiary/aromatic N) is 1. The molecule has 54 valence electrons. The summed E-state index contributed by atoms with van der Waals surface area (Å²) in [6, 6.07) is 0. The smallest absolute Gasteiger partial charge is 0.366 e. The maximum atomic E-state index is 10.4. The Labute approximate surface area is 58.6 Å². The van der Waals surface area contributed by atoms with Gasteiger partial charge in [-0.3, -0.25) is 4.79 Å². The molecule has 0 aliphatic heterocycles. The first-order chi connectivity index (χ1) is 4.70. The number of hydrogen-bond donors (Lipinski definition) is 0. The Morgan fingerprint density at radius 3 is 2.60 bits per heavy atom. The Morgan fingerprint density at radius 2 is 2.20 bits per heavy atom. The first-order valence-electron chi connectivity index (χ1n) is 2.76. The summed E-state index contributed by atoms with van der Waals surface area (Å²) in [5.74, 6) is -1.41. The van der Waals surface area contributed by atoms with Crippen molar-refractivity contribution in [3.8, 4) is 0 Å². The summed E-state index contributed by atoms with van der Waals surface area (Å²) in [4.78, 5) is 23.2. The van der Waals surface area contributed by atoms with Gasteiger partial charge in [0.2, 0.25) is 0 Å². The maximum absolute atomic E-state index is 10.4. The molecule has 4 heteroatoms. The van der Waals surface area contributed by atoms with E-state index in [1.54, 1.807) is 6.92 Å². The van der Waals surface area contributed by atoms with Gasteiger partial charge in [0.15, 0.2) is 0 Å². The molecule has 0 spiro atoms. The van der Waals surface area contributed by atoms with Gasteiger partial charge in [-0.15, -0.1) is 0 Å². The third-order valence-electron chi connectivity index (χ3n) is 0.726.